The molecule has 0 aliphatic carbocycles. The lowest BCUT2D eigenvalue weighted by Crippen LogP contribution is -2.31. The van der Waals surface area contributed by atoms with Gasteiger partial charge in [0.15, 0.2) is 0 Å². The van der Waals surface area contributed by atoms with E-state index in [1.165, 1.54) is 0 Å². The van der Waals surface area contributed by atoms with Gasteiger partial charge in [-0.05, 0) is 28.8 Å². The number of esters is 1. The molecule has 3 nitrogen and oxygen atoms in total. The lowest BCUT2D eigenvalue weighted by Gasteiger charge is -2.18. The summed E-state index contributed by atoms with van der Waals surface area (Å²) in [6, 6.07) is 0. The summed E-state index contributed by atoms with van der Waals surface area (Å²) in [5, 5.41) is 10.00. The molecule has 1 N–H and O–H groups in total. The number of halogens is 2. The summed E-state index contributed by atoms with van der Waals surface area (Å²) in [5.74, 6) is -1.92. The van der Waals surface area contributed by atoms with Gasteiger partial charge in [-0.2, -0.15) is 0 Å². The third-order valence-electron chi connectivity index (χ3n) is 2.08. The second kappa shape index (κ2) is 4.77. The predicted octanol–water partition coefficient (Wildman–Crippen LogP) is 2.47. The molecule has 1 heterocycles. The molecule has 0 spiro atoms. The van der Waals surface area contributed by atoms with Crippen LogP contribution in [0.2, 0.25) is 0 Å². The van der Waals surface area contributed by atoms with Crippen molar-refractivity contribution in [1.82, 2.24) is 0 Å². The van der Waals surface area contributed by atoms with Crippen molar-refractivity contribution in [2.24, 2.45) is 0 Å². The summed E-state index contributed by atoms with van der Waals surface area (Å²) in [7, 11) is 0. The van der Waals surface area contributed by atoms with Crippen molar-refractivity contribution in [2.45, 2.75) is 32.0 Å². The highest BCUT2D eigenvalue weighted by atomic mass is 79.9. The number of aliphatic hydroxyl groups is 1. The first-order chi connectivity index (χ1) is 6.55. The number of alkyl halides is 1. The van der Waals surface area contributed by atoms with E-state index >= 15 is 0 Å². The molecular formula is C9H12Br2O3. The van der Waals surface area contributed by atoms with E-state index in [-0.39, 0.29) is 5.33 Å². The van der Waals surface area contributed by atoms with Gasteiger partial charge in [-0.1, -0.05) is 29.3 Å². The summed E-state index contributed by atoms with van der Waals surface area (Å²) in [5.41, 5.74) is 0.550. The molecular weight excluding hydrogens is 316 g/mol. The van der Waals surface area contributed by atoms with Crippen molar-refractivity contribution in [1.29, 1.82) is 0 Å². The zero-order valence-corrected chi connectivity index (χ0v) is 11.0. The Morgan fingerprint density at radius 2 is 2.21 bits per heavy atom. The van der Waals surface area contributed by atoms with Crippen molar-refractivity contribution in [3.63, 3.8) is 0 Å². The average molecular weight is 328 g/mol. The van der Waals surface area contributed by atoms with Crippen LogP contribution in [-0.4, -0.2) is 22.2 Å². The Morgan fingerprint density at radius 1 is 1.57 bits per heavy atom. The molecule has 0 aromatic rings. The fourth-order valence-electron chi connectivity index (χ4n) is 1.24. The molecule has 80 valence electrons. The van der Waals surface area contributed by atoms with Crippen LogP contribution in [0.15, 0.2) is 10.1 Å². The molecule has 0 saturated carbocycles. The van der Waals surface area contributed by atoms with Crippen LogP contribution >= 0.6 is 31.9 Å². The van der Waals surface area contributed by atoms with Gasteiger partial charge in [0, 0.05) is 0 Å². The van der Waals surface area contributed by atoms with Gasteiger partial charge in [0.05, 0.1) is 15.4 Å². The number of carbonyl (C=O) groups is 1. The monoisotopic (exact) mass is 326 g/mol. The number of cyclic esters (lactones) is 1. The lowest BCUT2D eigenvalue weighted by molar-refractivity contribution is -0.171. The zero-order chi connectivity index (χ0) is 10.8. The minimum absolute atomic E-state index is 0.182. The Hall–Kier alpha value is 0.130. The normalized spacial score (nSPS) is 27.0. The van der Waals surface area contributed by atoms with E-state index in [0.717, 1.165) is 12.8 Å². The standard InChI is InChI=1S/C9H12Br2O3/c1-2-3-4-6-7(11)9(13,5-10)14-8(6)12/h13H,2-5H2,1H3. The largest absolute Gasteiger partial charge is 0.424 e. The second-order valence-electron chi connectivity index (χ2n) is 3.20. The van der Waals surface area contributed by atoms with E-state index in [9.17, 15) is 9.90 Å². The van der Waals surface area contributed by atoms with Crippen LogP contribution in [0.25, 0.3) is 0 Å². The number of hydrogen-bond donors (Lipinski definition) is 1. The molecule has 14 heavy (non-hydrogen) atoms. The number of ether oxygens (including phenoxy) is 1. The van der Waals surface area contributed by atoms with Gasteiger partial charge in [-0.25, -0.2) is 4.79 Å². The molecule has 0 bridgehead atoms. The SMILES string of the molecule is CCCCC1=C(Br)C(O)(CBr)OC1=O. The minimum Gasteiger partial charge on any atom is -0.424 e. The summed E-state index contributed by atoms with van der Waals surface area (Å²) in [6.07, 6.45) is 2.56. The molecule has 0 radical (unpaired) electrons. The molecule has 0 fully saturated rings. The third kappa shape index (κ3) is 2.20. The summed E-state index contributed by atoms with van der Waals surface area (Å²) >= 11 is 6.32. The Balaban J connectivity index is 2.84. The van der Waals surface area contributed by atoms with Crippen molar-refractivity contribution < 1.29 is 14.6 Å². The molecule has 1 unspecified atom stereocenters. The summed E-state index contributed by atoms with van der Waals surface area (Å²) in [4.78, 5) is 11.4. The first-order valence-corrected chi connectivity index (χ1v) is 6.37. The average Bonchev–Trinajstić information content (AvgIpc) is 2.37. The molecule has 0 aromatic heterocycles. The number of carbonyl (C=O) groups excluding carboxylic acids is 1. The smallest absolute Gasteiger partial charge is 0.337 e. The van der Waals surface area contributed by atoms with Crippen LogP contribution in [0.3, 0.4) is 0 Å². The Morgan fingerprint density at radius 3 is 2.64 bits per heavy atom. The van der Waals surface area contributed by atoms with Crippen molar-refractivity contribution in [2.75, 3.05) is 5.33 Å². The summed E-state index contributed by atoms with van der Waals surface area (Å²) < 4.78 is 5.33. The number of hydrogen-bond acceptors (Lipinski definition) is 3. The van der Waals surface area contributed by atoms with Crippen LogP contribution < -0.4 is 0 Å². The highest BCUT2D eigenvalue weighted by molar-refractivity contribution is 9.12. The maximum Gasteiger partial charge on any atom is 0.337 e. The van der Waals surface area contributed by atoms with Gasteiger partial charge >= 0.3 is 5.97 Å². The van der Waals surface area contributed by atoms with E-state index < -0.39 is 11.8 Å². The first-order valence-electron chi connectivity index (χ1n) is 4.46. The summed E-state index contributed by atoms with van der Waals surface area (Å²) in [6.45, 7) is 2.05. The maximum absolute atomic E-state index is 11.4. The minimum atomic E-state index is -1.50. The predicted molar refractivity (Wildman–Crippen MR) is 60.3 cm³/mol. The van der Waals surface area contributed by atoms with Gasteiger partial charge in [0.1, 0.15) is 0 Å². The molecule has 5 heteroatoms. The van der Waals surface area contributed by atoms with Crippen molar-refractivity contribution in [3.8, 4) is 0 Å². The lowest BCUT2D eigenvalue weighted by atomic mass is 10.1. The molecule has 1 aliphatic rings. The van der Waals surface area contributed by atoms with E-state index in [0.29, 0.717) is 16.5 Å². The van der Waals surface area contributed by atoms with Gasteiger partial charge in [0.2, 0.25) is 0 Å². The number of rotatable bonds is 4. The highest BCUT2D eigenvalue weighted by Crippen LogP contribution is 2.38. The fraction of sp³-hybridized carbons (Fsp3) is 0.667. The van der Waals surface area contributed by atoms with Crippen LogP contribution in [0.1, 0.15) is 26.2 Å². The molecule has 1 atom stereocenters. The Labute approximate surface area is 99.8 Å². The van der Waals surface area contributed by atoms with Gasteiger partial charge in [-0.3, -0.25) is 0 Å². The molecule has 0 amide bonds. The first kappa shape index (κ1) is 12.2. The fourth-order valence-corrected chi connectivity index (χ4v) is 2.59. The van der Waals surface area contributed by atoms with E-state index in [1.807, 2.05) is 6.92 Å². The van der Waals surface area contributed by atoms with Crippen LogP contribution in [0, 0.1) is 0 Å². The van der Waals surface area contributed by atoms with E-state index in [2.05, 4.69) is 31.9 Å². The second-order valence-corrected chi connectivity index (χ2v) is 4.56. The topological polar surface area (TPSA) is 46.5 Å². The van der Waals surface area contributed by atoms with Crippen molar-refractivity contribution >= 4 is 37.8 Å². The van der Waals surface area contributed by atoms with E-state index in [1.54, 1.807) is 0 Å². The van der Waals surface area contributed by atoms with Crippen LogP contribution in [0.4, 0.5) is 0 Å². The molecule has 1 rings (SSSR count). The zero-order valence-electron chi connectivity index (χ0n) is 7.85. The molecule has 0 aromatic carbocycles. The third-order valence-corrected chi connectivity index (χ3v) is 3.94. The Kier molecular flexibility index (Phi) is 4.15. The van der Waals surface area contributed by atoms with E-state index in [4.69, 9.17) is 4.74 Å². The maximum atomic E-state index is 11.4. The molecule has 1 aliphatic heterocycles. The molecule has 0 saturated heterocycles. The Bertz CT molecular complexity index is 275. The highest BCUT2D eigenvalue weighted by Gasteiger charge is 2.44. The van der Waals surface area contributed by atoms with Crippen molar-refractivity contribution in [3.05, 3.63) is 10.1 Å². The van der Waals surface area contributed by atoms with Gasteiger partial charge in [-0.15, -0.1) is 0 Å². The van der Waals surface area contributed by atoms with Crippen LogP contribution in [0.5, 0.6) is 0 Å². The van der Waals surface area contributed by atoms with Gasteiger partial charge in [0.25, 0.3) is 5.79 Å². The number of unbranched alkanes of at least 4 members (excludes halogenated alkanes) is 1. The van der Waals surface area contributed by atoms with Crippen LogP contribution in [-0.2, 0) is 9.53 Å². The quantitative estimate of drug-likeness (QED) is 0.637. The van der Waals surface area contributed by atoms with Gasteiger partial charge < -0.3 is 9.84 Å².